The van der Waals surface area contributed by atoms with E-state index in [1.165, 1.54) is 0 Å². The van der Waals surface area contributed by atoms with E-state index >= 15 is 0 Å². The monoisotopic (exact) mass is 218 g/mol. The van der Waals surface area contributed by atoms with Crippen LogP contribution in [0, 0.1) is 0 Å². The lowest BCUT2D eigenvalue weighted by atomic mass is 10.1. The molecule has 0 aromatic heterocycles. The van der Waals surface area contributed by atoms with Gasteiger partial charge < -0.3 is 4.74 Å². The summed E-state index contributed by atoms with van der Waals surface area (Å²) < 4.78 is 5.10. The van der Waals surface area contributed by atoms with Gasteiger partial charge in [-0.3, -0.25) is 0 Å². The number of aryl methyl sites for hydroxylation is 1. The minimum absolute atomic E-state index is 0.660. The van der Waals surface area contributed by atoms with Gasteiger partial charge in [0.15, 0.2) is 0 Å². The van der Waals surface area contributed by atoms with Gasteiger partial charge in [-0.25, -0.2) is 0 Å². The summed E-state index contributed by atoms with van der Waals surface area (Å²) in [5.74, 6) is 1.50. The average molecular weight is 219 g/mol. The molecule has 0 bridgehead atoms. The largest absolute Gasteiger partial charge is 0.497 e. The molecule has 0 saturated heterocycles. The fourth-order valence-corrected chi connectivity index (χ4v) is 1.47. The van der Waals surface area contributed by atoms with Crippen LogP contribution in [0.5, 0.6) is 5.75 Å². The van der Waals surface area contributed by atoms with E-state index < -0.39 is 0 Å². The van der Waals surface area contributed by atoms with Crippen LogP contribution < -0.4 is 4.74 Å². The van der Waals surface area contributed by atoms with E-state index in [4.69, 9.17) is 27.9 Å². The Labute approximate surface area is 88.6 Å². The number of halogens is 2. The standard InChI is InChI=1S/C10H12Cl2O/c1-13-9-4-5-10(12)8(7-9)3-2-6-11/h4-5,7H,2-3,6H2,1H3. The molecule has 0 amide bonds. The SMILES string of the molecule is COc1ccc(Cl)c(CCCCl)c1. The first-order chi connectivity index (χ1) is 6.27. The van der Waals surface area contributed by atoms with Crippen LogP contribution in [-0.2, 0) is 6.42 Å². The second-order valence-electron chi connectivity index (χ2n) is 2.75. The van der Waals surface area contributed by atoms with Gasteiger partial charge in [-0.05, 0) is 36.6 Å². The third-order valence-corrected chi connectivity index (χ3v) is 2.47. The minimum Gasteiger partial charge on any atom is -0.497 e. The summed E-state index contributed by atoms with van der Waals surface area (Å²) in [5, 5.41) is 0.783. The van der Waals surface area contributed by atoms with Crippen molar-refractivity contribution < 1.29 is 4.74 Å². The first kappa shape index (κ1) is 10.7. The Hall–Kier alpha value is -0.400. The van der Waals surface area contributed by atoms with Crippen molar-refractivity contribution in [2.75, 3.05) is 13.0 Å². The van der Waals surface area contributed by atoms with Crippen molar-refractivity contribution in [3.63, 3.8) is 0 Å². The van der Waals surface area contributed by atoms with Crippen molar-refractivity contribution in [1.82, 2.24) is 0 Å². The molecule has 1 aromatic rings. The maximum atomic E-state index is 5.99. The van der Waals surface area contributed by atoms with Gasteiger partial charge >= 0.3 is 0 Å². The van der Waals surface area contributed by atoms with E-state index in [9.17, 15) is 0 Å². The molecule has 0 aliphatic heterocycles. The quantitative estimate of drug-likeness (QED) is 0.704. The molecule has 13 heavy (non-hydrogen) atoms. The van der Waals surface area contributed by atoms with Gasteiger partial charge in [-0.15, -0.1) is 11.6 Å². The highest BCUT2D eigenvalue weighted by molar-refractivity contribution is 6.31. The Kier molecular flexibility index (Phi) is 4.40. The van der Waals surface area contributed by atoms with Gasteiger partial charge in [0.1, 0.15) is 5.75 Å². The number of hydrogen-bond donors (Lipinski definition) is 0. The second kappa shape index (κ2) is 5.36. The van der Waals surface area contributed by atoms with Gasteiger partial charge in [0, 0.05) is 10.9 Å². The van der Waals surface area contributed by atoms with E-state index in [0.717, 1.165) is 29.2 Å². The Balaban J connectivity index is 2.78. The number of benzene rings is 1. The summed E-state index contributed by atoms with van der Waals surface area (Å²) in [6.45, 7) is 0. The van der Waals surface area contributed by atoms with Gasteiger partial charge in [0.2, 0.25) is 0 Å². The number of methoxy groups -OCH3 is 1. The van der Waals surface area contributed by atoms with E-state index in [2.05, 4.69) is 0 Å². The molecule has 0 saturated carbocycles. The van der Waals surface area contributed by atoms with Crippen LogP contribution in [0.15, 0.2) is 18.2 Å². The third kappa shape index (κ3) is 3.09. The molecule has 0 atom stereocenters. The first-order valence-electron chi connectivity index (χ1n) is 4.16. The molecule has 0 spiro atoms. The van der Waals surface area contributed by atoms with Crippen molar-refractivity contribution >= 4 is 23.2 Å². The van der Waals surface area contributed by atoms with Gasteiger partial charge in [-0.2, -0.15) is 0 Å². The zero-order valence-corrected chi connectivity index (χ0v) is 9.03. The van der Waals surface area contributed by atoms with Crippen LogP contribution in [0.25, 0.3) is 0 Å². The second-order valence-corrected chi connectivity index (χ2v) is 3.54. The van der Waals surface area contributed by atoms with Crippen LogP contribution in [-0.4, -0.2) is 13.0 Å². The van der Waals surface area contributed by atoms with Crippen molar-refractivity contribution in [2.24, 2.45) is 0 Å². The van der Waals surface area contributed by atoms with Crippen molar-refractivity contribution in [2.45, 2.75) is 12.8 Å². The zero-order chi connectivity index (χ0) is 9.68. The molecular formula is C10H12Cl2O. The number of rotatable bonds is 4. The van der Waals surface area contributed by atoms with Gasteiger partial charge in [-0.1, -0.05) is 11.6 Å². The normalized spacial score (nSPS) is 10.1. The highest BCUT2D eigenvalue weighted by atomic mass is 35.5. The van der Waals surface area contributed by atoms with Crippen molar-refractivity contribution in [3.8, 4) is 5.75 Å². The summed E-state index contributed by atoms with van der Waals surface area (Å²) in [6, 6.07) is 5.66. The lowest BCUT2D eigenvalue weighted by Gasteiger charge is -2.05. The fraction of sp³-hybridized carbons (Fsp3) is 0.400. The summed E-state index contributed by atoms with van der Waals surface area (Å²) >= 11 is 11.6. The molecule has 0 heterocycles. The molecule has 0 N–H and O–H groups in total. The van der Waals surface area contributed by atoms with Crippen molar-refractivity contribution in [3.05, 3.63) is 28.8 Å². The fourth-order valence-electron chi connectivity index (χ4n) is 1.13. The van der Waals surface area contributed by atoms with E-state index in [1.807, 2.05) is 18.2 Å². The van der Waals surface area contributed by atoms with E-state index in [0.29, 0.717) is 5.88 Å². The zero-order valence-electron chi connectivity index (χ0n) is 7.52. The predicted molar refractivity (Wildman–Crippen MR) is 57.0 cm³/mol. The molecule has 3 heteroatoms. The molecule has 1 nitrogen and oxygen atoms in total. The van der Waals surface area contributed by atoms with E-state index in [-0.39, 0.29) is 0 Å². The van der Waals surface area contributed by atoms with E-state index in [1.54, 1.807) is 7.11 Å². The topological polar surface area (TPSA) is 9.23 Å². The Morgan fingerprint density at radius 1 is 1.38 bits per heavy atom. The number of hydrogen-bond acceptors (Lipinski definition) is 1. The molecule has 1 aromatic carbocycles. The summed E-state index contributed by atoms with van der Waals surface area (Å²) in [4.78, 5) is 0. The lowest BCUT2D eigenvalue weighted by Crippen LogP contribution is -1.90. The molecule has 0 radical (unpaired) electrons. The lowest BCUT2D eigenvalue weighted by molar-refractivity contribution is 0.414. The molecule has 0 aliphatic rings. The highest BCUT2D eigenvalue weighted by Crippen LogP contribution is 2.23. The van der Waals surface area contributed by atoms with Crippen LogP contribution in [0.1, 0.15) is 12.0 Å². The molecule has 1 rings (SSSR count). The smallest absolute Gasteiger partial charge is 0.119 e. The summed E-state index contributed by atoms with van der Waals surface area (Å²) in [5.41, 5.74) is 1.10. The number of alkyl halides is 1. The maximum absolute atomic E-state index is 5.99. The Bertz CT molecular complexity index is 274. The van der Waals surface area contributed by atoms with Crippen molar-refractivity contribution in [1.29, 1.82) is 0 Å². The molecule has 0 fully saturated rings. The maximum Gasteiger partial charge on any atom is 0.119 e. The average Bonchev–Trinajstić information content (AvgIpc) is 2.17. The summed E-state index contributed by atoms with van der Waals surface area (Å²) in [7, 11) is 1.65. The Morgan fingerprint density at radius 3 is 2.77 bits per heavy atom. The van der Waals surface area contributed by atoms with Gasteiger partial charge in [0.25, 0.3) is 0 Å². The molecule has 72 valence electrons. The molecule has 0 aliphatic carbocycles. The Morgan fingerprint density at radius 2 is 2.15 bits per heavy atom. The van der Waals surface area contributed by atoms with Crippen LogP contribution >= 0.6 is 23.2 Å². The molecular weight excluding hydrogens is 207 g/mol. The van der Waals surface area contributed by atoms with Crippen LogP contribution in [0.3, 0.4) is 0 Å². The third-order valence-electron chi connectivity index (χ3n) is 1.83. The predicted octanol–water partition coefficient (Wildman–Crippen LogP) is 3.52. The number of ether oxygens (including phenoxy) is 1. The minimum atomic E-state index is 0.660. The highest BCUT2D eigenvalue weighted by Gasteiger charge is 2.01. The first-order valence-corrected chi connectivity index (χ1v) is 5.07. The van der Waals surface area contributed by atoms with Crippen LogP contribution in [0.2, 0.25) is 5.02 Å². The summed E-state index contributed by atoms with van der Waals surface area (Å²) in [6.07, 6.45) is 1.84. The molecule has 0 unspecified atom stereocenters. The van der Waals surface area contributed by atoms with Gasteiger partial charge in [0.05, 0.1) is 7.11 Å². The van der Waals surface area contributed by atoms with Crippen LogP contribution in [0.4, 0.5) is 0 Å².